The normalized spacial score (nSPS) is 12.1. The van der Waals surface area contributed by atoms with Crippen molar-refractivity contribution in [3.05, 3.63) is 27.3 Å². The van der Waals surface area contributed by atoms with Crippen molar-refractivity contribution in [2.45, 2.75) is 33.7 Å². The number of halogens is 1. The van der Waals surface area contributed by atoms with Gasteiger partial charge in [0.2, 0.25) is 11.8 Å². The molecule has 1 aromatic rings. The highest BCUT2D eigenvalue weighted by molar-refractivity contribution is 14.1. The average molecular weight is 374 g/mol. The molecule has 0 unspecified atom stereocenters. The van der Waals surface area contributed by atoms with Gasteiger partial charge in [-0.15, -0.1) is 0 Å². The molecule has 0 spiro atoms. The highest BCUT2D eigenvalue weighted by Gasteiger charge is 2.22. The predicted octanol–water partition coefficient (Wildman–Crippen LogP) is 2.70. The monoisotopic (exact) mass is 374 g/mol. The van der Waals surface area contributed by atoms with Gasteiger partial charge in [-0.05, 0) is 53.1 Å². The number of amides is 2. The summed E-state index contributed by atoms with van der Waals surface area (Å²) in [6.07, 6.45) is 0. The van der Waals surface area contributed by atoms with Gasteiger partial charge in [-0.2, -0.15) is 0 Å². The number of hydrogen-bond acceptors (Lipinski definition) is 2. The van der Waals surface area contributed by atoms with Crippen LogP contribution in [-0.4, -0.2) is 17.9 Å². The zero-order chi connectivity index (χ0) is 14.6. The molecule has 1 aromatic carbocycles. The van der Waals surface area contributed by atoms with E-state index in [2.05, 4.69) is 33.2 Å². The molecule has 2 N–H and O–H groups in total. The molecule has 1 rings (SSSR count). The maximum Gasteiger partial charge on any atom is 0.247 e. The fourth-order valence-corrected chi connectivity index (χ4v) is 2.16. The van der Waals surface area contributed by atoms with Crippen LogP contribution in [0.15, 0.2) is 18.2 Å². The Balaban J connectivity index is 2.81. The van der Waals surface area contributed by atoms with Crippen LogP contribution in [0.2, 0.25) is 0 Å². The molecule has 0 radical (unpaired) electrons. The van der Waals surface area contributed by atoms with Crippen LogP contribution in [-0.2, 0) is 9.59 Å². The van der Waals surface area contributed by atoms with Crippen LogP contribution in [0.4, 0.5) is 5.69 Å². The minimum atomic E-state index is -0.517. The summed E-state index contributed by atoms with van der Waals surface area (Å²) in [5, 5.41) is 5.51. The lowest BCUT2D eigenvalue weighted by Gasteiger charge is -2.21. The number of hydrogen-bond donors (Lipinski definition) is 2. The summed E-state index contributed by atoms with van der Waals surface area (Å²) in [5.74, 6) is -0.356. The summed E-state index contributed by atoms with van der Waals surface area (Å²) in [5.41, 5.74) is 1.91. The molecular weight excluding hydrogens is 355 g/mol. The van der Waals surface area contributed by atoms with E-state index in [0.29, 0.717) is 0 Å². The Morgan fingerprint density at radius 3 is 2.37 bits per heavy atom. The number of rotatable bonds is 4. The second-order valence-corrected chi connectivity index (χ2v) is 6.04. The Kier molecular flexibility index (Phi) is 5.78. The standard InChI is InChI=1S/C14H19IN2O2/c1-8(2)13(16-10(4)18)14(19)17-11-6-5-9(3)12(15)7-11/h5-8,13H,1-4H3,(H,16,18)(H,17,19)/t13-/m0/s1. The van der Waals surface area contributed by atoms with Crippen molar-refractivity contribution in [2.75, 3.05) is 5.32 Å². The van der Waals surface area contributed by atoms with E-state index in [-0.39, 0.29) is 17.7 Å². The van der Waals surface area contributed by atoms with Crippen LogP contribution in [0.3, 0.4) is 0 Å². The molecule has 0 saturated heterocycles. The van der Waals surface area contributed by atoms with Crippen molar-refractivity contribution >= 4 is 40.1 Å². The summed E-state index contributed by atoms with van der Waals surface area (Å²) < 4.78 is 1.09. The van der Waals surface area contributed by atoms with E-state index in [1.165, 1.54) is 12.5 Å². The first-order chi connectivity index (χ1) is 8.81. The molecule has 5 heteroatoms. The highest BCUT2D eigenvalue weighted by atomic mass is 127. The molecule has 19 heavy (non-hydrogen) atoms. The first-order valence-corrected chi connectivity index (χ1v) is 7.23. The van der Waals surface area contributed by atoms with E-state index < -0.39 is 6.04 Å². The summed E-state index contributed by atoms with van der Waals surface area (Å²) in [4.78, 5) is 23.3. The second kappa shape index (κ2) is 6.88. The van der Waals surface area contributed by atoms with E-state index in [4.69, 9.17) is 0 Å². The minimum Gasteiger partial charge on any atom is -0.344 e. The van der Waals surface area contributed by atoms with Crippen molar-refractivity contribution in [3.63, 3.8) is 0 Å². The maximum atomic E-state index is 12.2. The number of anilines is 1. The third kappa shape index (κ3) is 4.81. The first-order valence-electron chi connectivity index (χ1n) is 6.15. The third-order valence-electron chi connectivity index (χ3n) is 2.75. The number of aryl methyl sites for hydroxylation is 1. The molecular formula is C14H19IN2O2. The number of carbonyl (C=O) groups excluding carboxylic acids is 2. The van der Waals surface area contributed by atoms with Crippen molar-refractivity contribution in [3.8, 4) is 0 Å². The molecule has 0 heterocycles. The fraction of sp³-hybridized carbons (Fsp3) is 0.429. The van der Waals surface area contributed by atoms with Gasteiger partial charge in [-0.3, -0.25) is 9.59 Å². The Labute approximate surface area is 127 Å². The average Bonchev–Trinajstić information content (AvgIpc) is 2.30. The van der Waals surface area contributed by atoms with Crippen molar-refractivity contribution < 1.29 is 9.59 Å². The molecule has 0 saturated carbocycles. The van der Waals surface area contributed by atoms with Gasteiger partial charge in [0.1, 0.15) is 6.04 Å². The van der Waals surface area contributed by atoms with Crippen molar-refractivity contribution in [1.29, 1.82) is 0 Å². The largest absolute Gasteiger partial charge is 0.344 e. The maximum absolute atomic E-state index is 12.2. The molecule has 1 atom stereocenters. The van der Waals surface area contributed by atoms with Crippen molar-refractivity contribution in [1.82, 2.24) is 5.32 Å². The Morgan fingerprint density at radius 1 is 1.26 bits per heavy atom. The summed E-state index contributed by atoms with van der Waals surface area (Å²) in [6, 6.07) is 5.22. The fourth-order valence-electron chi connectivity index (χ4n) is 1.64. The van der Waals surface area contributed by atoms with Gasteiger partial charge in [0.05, 0.1) is 0 Å². The molecule has 0 aliphatic rings. The number of nitrogens with one attached hydrogen (secondary N) is 2. The lowest BCUT2D eigenvalue weighted by Crippen LogP contribution is -2.46. The van der Waals surface area contributed by atoms with Gasteiger partial charge >= 0.3 is 0 Å². The quantitative estimate of drug-likeness (QED) is 0.797. The van der Waals surface area contributed by atoms with E-state index in [0.717, 1.165) is 9.26 Å². The third-order valence-corrected chi connectivity index (χ3v) is 3.91. The molecule has 0 bridgehead atoms. The van der Waals surface area contributed by atoms with E-state index in [9.17, 15) is 9.59 Å². The predicted molar refractivity (Wildman–Crippen MR) is 85.0 cm³/mol. The smallest absolute Gasteiger partial charge is 0.247 e. The SMILES string of the molecule is CC(=O)N[C@H](C(=O)Nc1ccc(C)c(I)c1)C(C)C. The molecule has 4 nitrogen and oxygen atoms in total. The van der Waals surface area contributed by atoms with E-state index in [1.54, 1.807) is 0 Å². The van der Waals surface area contributed by atoms with Crippen LogP contribution in [0, 0.1) is 16.4 Å². The van der Waals surface area contributed by atoms with Gasteiger partial charge in [0.25, 0.3) is 0 Å². The molecule has 0 aliphatic carbocycles. The van der Waals surface area contributed by atoms with Crippen LogP contribution >= 0.6 is 22.6 Å². The zero-order valence-electron chi connectivity index (χ0n) is 11.6. The Morgan fingerprint density at radius 2 is 1.89 bits per heavy atom. The van der Waals surface area contributed by atoms with Gasteiger partial charge in [0.15, 0.2) is 0 Å². The minimum absolute atomic E-state index is 0.0356. The lowest BCUT2D eigenvalue weighted by atomic mass is 10.0. The van der Waals surface area contributed by atoms with Crippen LogP contribution in [0.25, 0.3) is 0 Å². The molecule has 0 aromatic heterocycles. The molecule has 2 amide bonds. The summed E-state index contributed by atoms with van der Waals surface area (Å²) >= 11 is 2.23. The van der Waals surface area contributed by atoms with Crippen LogP contribution in [0.5, 0.6) is 0 Å². The van der Waals surface area contributed by atoms with Gasteiger partial charge in [0, 0.05) is 16.2 Å². The summed E-state index contributed by atoms with van der Waals surface area (Å²) in [6.45, 7) is 7.23. The zero-order valence-corrected chi connectivity index (χ0v) is 13.7. The Hall–Kier alpha value is -1.11. The topological polar surface area (TPSA) is 58.2 Å². The van der Waals surface area contributed by atoms with Crippen LogP contribution in [0.1, 0.15) is 26.3 Å². The van der Waals surface area contributed by atoms with E-state index in [1.807, 2.05) is 39.0 Å². The molecule has 0 fully saturated rings. The second-order valence-electron chi connectivity index (χ2n) is 4.88. The molecule has 0 aliphatic heterocycles. The van der Waals surface area contributed by atoms with Gasteiger partial charge in [-0.25, -0.2) is 0 Å². The van der Waals surface area contributed by atoms with Crippen molar-refractivity contribution in [2.24, 2.45) is 5.92 Å². The van der Waals surface area contributed by atoms with E-state index >= 15 is 0 Å². The molecule has 104 valence electrons. The van der Waals surface area contributed by atoms with Gasteiger partial charge in [-0.1, -0.05) is 19.9 Å². The first kappa shape index (κ1) is 15.9. The Bertz CT molecular complexity index is 486. The highest BCUT2D eigenvalue weighted by Crippen LogP contribution is 2.17. The number of benzene rings is 1. The lowest BCUT2D eigenvalue weighted by molar-refractivity contribution is -0.126. The van der Waals surface area contributed by atoms with Gasteiger partial charge < -0.3 is 10.6 Å². The summed E-state index contributed by atoms with van der Waals surface area (Å²) in [7, 11) is 0. The van der Waals surface area contributed by atoms with Crippen LogP contribution < -0.4 is 10.6 Å². The number of carbonyl (C=O) groups is 2.